The average Bonchev–Trinajstić information content (AvgIpc) is 4.19. The van der Waals surface area contributed by atoms with Crippen LogP contribution in [0, 0.1) is 13.8 Å². The highest BCUT2D eigenvalue weighted by molar-refractivity contribution is 5.94. The molecule has 376 valence electrons. The molecule has 0 saturated carbocycles. The molecule has 20 nitrogen and oxygen atoms in total. The molecule has 2 aromatic carbocycles. The van der Waals surface area contributed by atoms with Crippen molar-refractivity contribution >= 4 is 35.3 Å². The number of nitrogens with two attached hydrogens (primary N) is 1. The molecule has 8 rings (SSSR count). The van der Waals surface area contributed by atoms with Gasteiger partial charge in [0, 0.05) is 85.7 Å². The van der Waals surface area contributed by atoms with E-state index in [9.17, 15) is 9.59 Å². The van der Waals surface area contributed by atoms with E-state index >= 15 is 0 Å². The number of Topliss-reactive ketones (excluding diaryl/α,β-unsaturated/α-hetero) is 1. The first-order valence-corrected chi connectivity index (χ1v) is 23.3. The van der Waals surface area contributed by atoms with Crippen molar-refractivity contribution in [2.45, 2.75) is 113 Å². The first kappa shape index (κ1) is 55.6. The zero-order valence-electron chi connectivity index (χ0n) is 43.2. The maximum Gasteiger partial charge on any atom is 0.358 e. The molecule has 0 unspecified atom stereocenters. The fourth-order valence-corrected chi connectivity index (χ4v) is 6.23. The molecule has 0 amide bonds. The van der Waals surface area contributed by atoms with Crippen LogP contribution in [-0.2, 0) is 37.9 Å². The van der Waals surface area contributed by atoms with Crippen LogP contribution in [0.5, 0.6) is 0 Å². The van der Waals surface area contributed by atoms with Crippen LogP contribution < -0.4 is 16.4 Å². The molecule has 0 aliphatic rings. The highest BCUT2D eigenvalue weighted by atomic mass is 16.5. The molecule has 0 fully saturated rings. The summed E-state index contributed by atoms with van der Waals surface area (Å²) < 4.78 is 13.6. The van der Waals surface area contributed by atoms with Crippen molar-refractivity contribution in [3.05, 3.63) is 131 Å². The molecule has 5 N–H and O–H groups in total. The second kappa shape index (κ2) is 25.6. The highest BCUT2D eigenvalue weighted by Crippen LogP contribution is 2.26. The molecule has 6 aromatic heterocycles. The summed E-state index contributed by atoms with van der Waals surface area (Å²) >= 11 is 0. The quantitative estimate of drug-likeness (QED) is 0.0829. The summed E-state index contributed by atoms with van der Waals surface area (Å²) in [6, 6.07) is 18.9. The molecule has 20 heteroatoms. The molecule has 0 aliphatic carbocycles. The van der Waals surface area contributed by atoms with Crippen LogP contribution >= 0.6 is 0 Å². The van der Waals surface area contributed by atoms with Gasteiger partial charge in [0.05, 0.1) is 0 Å². The Morgan fingerprint density at radius 2 is 1.07 bits per heavy atom. The lowest BCUT2D eigenvalue weighted by atomic mass is 9.92. The van der Waals surface area contributed by atoms with Crippen molar-refractivity contribution in [3.63, 3.8) is 0 Å². The molecule has 0 aliphatic heterocycles. The van der Waals surface area contributed by atoms with Gasteiger partial charge in [0.15, 0.2) is 34.8 Å². The van der Waals surface area contributed by atoms with Gasteiger partial charge in [-0.15, -0.1) is 0 Å². The van der Waals surface area contributed by atoms with E-state index in [4.69, 9.17) is 19.9 Å². The van der Waals surface area contributed by atoms with Gasteiger partial charge in [-0.2, -0.15) is 20.2 Å². The standard InChI is InChI=1S/C24H27N7O2.C15H17N7.C8H11NO3.2C2H6/c1-15-12-17(22-25-14-26-23(28-22)27-21-10-11-31(5)29-21)7-6-16(15)8-9-19(32)18-13-20(33-30-18)24(2,3)4;1-10-7-11(3-4-12(10)8-16)14-17-9-18-15(20-14)19-13-5-6-22(2)21-13;1-8(2,3)6-4-5(7(10)11)9-12-6;2*1-2/h6-7,10-14H,8-9H2,1-5H3,(H,25,26,27,28,29);3-7,9H,8,16H2,1-2H3,(H,17,18,19,20,21);4H,1-3H3,(H,10,11);2*1-2H3. The van der Waals surface area contributed by atoms with Crippen molar-refractivity contribution in [3.8, 4) is 22.8 Å². The number of carboxylic acid groups (broad SMARTS) is 1. The molecule has 0 radical (unpaired) electrons. The minimum atomic E-state index is -1.06. The highest BCUT2D eigenvalue weighted by Gasteiger charge is 2.23. The van der Waals surface area contributed by atoms with Crippen LogP contribution in [0.1, 0.15) is 130 Å². The minimum absolute atomic E-state index is 0.0274. The predicted molar refractivity (Wildman–Crippen MR) is 274 cm³/mol. The molecule has 71 heavy (non-hydrogen) atoms. The van der Waals surface area contributed by atoms with E-state index in [2.05, 4.69) is 61.0 Å². The summed E-state index contributed by atoms with van der Waals surface area (Å²) in [6.07, 6.45) is 7.62. The largest absolute Gasteiger partial charge is 0.476 e. The Morgan fingerprint density at radius 1 is 0.634 bits per heavy atom. The lowest BCUT2D eigenvalue weighted by Crippen LogP contribution is -2.09. The van der Waals surface area contributed by atoms with Crippen LogP contribution in [0.4, 0.5) is 23.5 Å². The number of aryl methyl sites for hydroxylation is 5. The number of hydrogen-bond donors (Lipinski definition) is 4. The predicted octanol–water partition coefficient (Wildman–Crippen LogP) is 9.93. The number of nitrogens with one attached hydrogen (secondary N) is 2. The summed E-state index contributed by atoms with van der Waals surface area (Å²) in [7, 11) is 3.70. The van der Waals surface area contributed by atoms with Crippen LogP contribution in [-0.4, -0.2) is 76.6 Å². The van der Waals surface area contributed by atoms with Gasteiger partial charge in [0.25, 0.3) is 0 Å². The number of benzene rings is 2. The van der Waals surface area contributed by atoms with Crippen LogP contribution in [0.15, 0.2) is 94.8 Å². The number of ketones is 1. The summed E-state index contributed by atoms with van der Waals surface area (Å²) in [5, 5.41) is 30.5. The van der Waals surface area contributed by atoms with E-state index in [-0.39, 0.29) is 22.3 Å². The van der Waals surface area contributed by atoms with Gasteiger partial charge in [-0.25, -0.2) is 24.7 Å². The number of rotatable bonds is 12. The first-order valence-electron chi connectivity index (χ1n) is 23.3. The van der Waals surface area contributed by atoms with Crippen molar-refractivity contribution < 1.29 is 23.7 Å². The third kappa shape index (κ3) is 16.3. The van der Waals surface area contributed by atoms with Crippen LogP contribution in [0.2, 0.25) is 0 Å². The molecule has 0 atom stereocenters. The lowest BCUT2D eigenvalue weighted by molar-refractivity contribution is 0.0685. The molecule has 0 bridgehead atoms. The molecule has 6 heterocycles. The molecular weight excluding hydrogens is 903 g/mol. The van der Waals surface area contributed by atoms with Gasteiger partial charge < -0.3 is 30.5 Å². The number of carboxylic acids is 1. The van der Waals surface area contributed by atoms with Crippen LogP contribution in [0.25, 0.3) is 22.8 Å². The fourth-order valence-electron chi connectivity index (χ4n) is 6.23. The number of aromatic carboxylic acids is 1. The fraction of sp³-hybridized carbons (Fsp3) is 0.373. The topological polar surface area (TPSA) is 269 Å². The zero-order valence-corrected chi connectivity index (χ0v) is 43.2. The third-order valence-corrected chi connectivity index (χ3v) is 10.1. The Morgan fingerprint density at radius 3 is 1.44 bits per heavy atom. The Kier molecular flexibility index (Phi) is 20.0. The van der Waals surface area contributed by atoms with Gasteiger partial charge in [-0.3, -0.25) is 14.2 Å². The van der Waals surface area contributed by atoms with E-state index in [0.717, 1.165) is 33.4 Å². The second-order valence-electron chi connectivity index (χ2n) is 17.6. The molecular formula is C51H67N15O5. The Balaban J connectivity index is 0.000000247. The number of aromatic nitrogens is 12. The van der Waals surface area contributed by atoms with Gasteiger partial charge in [0.1, 0.15) is 29.9 Å². The lowest BCUT2D eigenvalue weighted by Gasteiger charge is -2.12. The van der Waals surface area contributed by atoms with Gasteiger partial charge in [-0.1, -0.05) is 104 Å². The van der Waals surface area contributed by atoms with E-state index < -0.39 is 5.97 Å². The van der Waals surface area contributed by atoms with Crippen LogP contribution in [0.3, 0.4) is 0 Å². The number of anilines is 4. The monoisotopic (exact) mass is 970 g/mol. The minimum Gasteiger partial charge on any atom is -0.476 e. The molecule has 0 spiro atoms. The summed E-state index contributed by atoms with van der Waals surface area (Å²) in [6.45, 7) is 24.4. The van der Waals surface area contributed by atoms with Gasteiger partial charge >= 0.3 is 5.97 Å². The normalized spacial score (nSPS) is 10.8. The SMILES string of the molecule is CC.CC.CC(C)(C)c1cc(C(=O)O)no1.Cc1cc(-c2ncnc(Nc3ccn(C)n3)n2)ccc1CCC(=O)c1cc(C(C)(C)C)on1.Cc1cc(-c2ncnc(Nc3ccn(C)n3)n2)ccc1CN. The average molecular weight is 970 g/mol. The molecule has 8 aromatic rings. The maximum atomic E-state index is 12.6. The van der Waals surface area contributed by atoms with Gasteiger partial charge in [-0.05, 0) is 54.7 Å². The van der Waals surface area contributed by atoms with E-state index in [1.807, 2.05) is 158 Å². The summed E-state index contributed by atoms with van der Waals surface area (Å²) in [4.78, 5) is 48.8. The summed E-state index contributed by atoms with van der Waals surface area (Å²) in [5.74, 6) is 3.61. The van der Waals surface area contributed by atoms with E-state index in [1.54, 1.807) is 15.4 Å². The van der Waals surface area contributed by atoms with E-state index in [1.165, 1.54) is 18.7 Å². The van der Waals surface area contributed by atoms with Crippen molar-refractivity contribution in [2.24, 2.45) is 19.8 Å². The van der Waals surface area contributed by atoms with Gasteiger partial charge in [0.2, 0.25) is 11.9 Å². The van der Waals surface area contributed by atoms with Crippen molar-refractivity contribution in [1.82, 2.24) is 59.8 Å². The Labute approximate surface area is 415 Å². The zero-order chi connectivity index (χ0) is 52.5. The van der Waals surface area contributed by atoms with Crippen molar-refractivity contribution in [1.29, 1.82) is 0 Å². The third-order valence-electron chi connectivity index (χ3n) is 10.1. The number of carbonyl (C=O) groups is 2. The smallest absolute Gasteiger partial charge is 0.358 e. The molecule has 0 saturated heterocycles. The first-order chi connectivity index (χ1) is 33.7. The van der Waals surface area contributed by atoms with E-state index in [0.29, 0.717) is 71.8 Å². The second-order valence-corrected chi connectivity index (χ2v) is 17.6. The number of nitrogens with zero attached hydrogens (tertiary/aromatic N) is 12. The number of carbonyl (C=O) groups excluding carboxylic acids is 1. The Hall–Kier alpha value is -8.00. The number of hydrogen-bond acceptors (Lipinski definition) is 17. The maximum absolute atomic E-state index is 12.6. The summed E-state index contributed by atoms with van der Waals surface area (Å²) in [5.41, 5.74) is 11.9. The Bertz CT molecular complexity index is 2960. The van der Waals surface area contributed by atoms with Crippen molar-refractivity contribution in [2.75, 3.05) is 10.6 Å².